The molecule has 16 heavy (non-hydrogen) atoms. The maximum atomic E-state index is 11.0. The number of hydrogen-bond donors (Lipinski definition) is 2. The molecule has 0 aliphatic rings. The summed E-state index contributed by atoms with van der Waals surface area (Å²) in [5.74, 6) is -0.965. The molecule has 0 aromatic rings. The minimum absolute atomic E-state index is 0.0407. The van der Waals surface area contributed by atoms with Gasteiger partial charge < -0.3 is 19.9 Å². The van der Waals surface area contributed by atoms with Crippen LogP contribution < -0.4 is 11.1 Å². The van der Waals surface area contributed by atoms with E-state index in [0.717, 1.165) is 0 Å². The fraction of sp³-hybridized carbons (Fsp3) is 0.778. The highest BCUT2D eigenvalue weighted by Gasteiger charge is 2.02. The molecule has 0 fully saturated rings. The Morgan fingerprint density at radius 3 is 2.44 bits per heavy atom. The predicted octanol–water partition coefficient (Wildman–Crippen LogP) is -1.73. The Hall–Kier alpha value is -1.18. The zero-order valence-electron chi connectivity index (χ0n) is 9.36. The molecule has 0 aliphatic heterocycles. The Bertz CT molecular complexity index is 210. The Balaban J connectivity index is 3.20. The molecule has 0 atom stereocenters. The third kappa shape index (κ3) is 10.9. The van der Waals surface area contributed by atoms with Crippen LogP contribution in [0.3, 0.4) is 0 Å². The normalized spacial score (nSPS) is 10.1. The van der Waals surface area contributed by atoms with Crippen LogP contribution in [-0.2, 0) is 23.8 Å². The Morgan fingerprint density at radius 1 is 1.12 bits per heavy atom. The highest BCUT2D eigenvalue weighted by atomic mass is 16.6. The molecule has 0 rings (SSSR count). The summed E-state index contributed by atoms with van der Waals surface area (Å²) in [7, 11) is 1.58. The third-order valence-electron chi connectivity index (χ3n) is 1.49. The van der Waals surface area contributed by atoms with Gasteiger partial charge in [0.05, 0.1) is 32.9 Å². The van der Waals surface area contributed by atoms with Crippen molar-refractivity contribution in [1.82, 2.24) is 5.32 Å². The molecule has 0 spiro atoms. The number of carbonyl (C=O) groups excluding carboxylic acids is 2. The van der Waals surface area contributed by atoms with Crippen molar-refractivity contribution in [3.8, 4) is 0 Å². The van der Waals surface area contributed by atoms with Crippen LogP contribution in [-0.4, -0.2) is 58.5 Å². The molecule has 0 radical (unpaired) electrons. The van der Waals surface area contributed by atoms with Crippen molar-refractivity contribution in [3.63, 3.8) is 0 Å². The van der Waals surface area contributed by atoms with Crippen molar-refractivity contribution in [1.29, 1.82) is 0 Å². The number of rotatable bonds is 10. The van der Waals surface area contributed by atoms with Gasteiger partial charge in [-0.05, 0) is 0 Å². The van der Waals surface area contributed by atoms with Crippen molar-refractivity contribution >= 4 is 11.9 Å². The van der Waals surface area contributed by atoms with E-state index in [9.17, 15) is 9.59 Å². The van der Waals surface area contributed by atoms with E-state index < -0.39 is 11.9 Å². The molecule has 7 nitrogen and oxygen atoms in total. The Labute approximate surface area is 94.2 Å². The predicted molar refractivity (Wildman–Crippen MR) is 55.7 cm³/mol. The lowest BCUT2D eigenvalue weighted by Crippen LogP contribution is -2.33. The minimum Gasteiger partial charge on any atom is -0.462 e. The average molecular weight is 234 g/mol. The van der Waals surface area contributed by atoms with E-state index >= 15 is 0 Å². The quantitative estimate of drug-likeness (QED) is 0.344. The lowest BCUT2D eigenvalue weighted by molar-refractivity contribution is -0.144. The summed E-state index contributed by atoms with van der Waals surface area (Å²) in [6, 6.07) is 0. The highest BCUT2D eigenvalue weighted by molar-refractivity contribution is 5.77. The van der Waals surface area contributed by atoms with Crippen molar-refractivity contribution < 1.29 is 23.8 Å². The molecule has 0 saturated carbocycles. The molecular formula is C9H18N2O5. The van der Waals surface area contributed by atoms with Crippen molar-refractivity contribution in [2.75, 3.05) is 46.6 Å². The molecule has 0 aliphatic carbocycles. The Morgan fingerprint density at radius 2 is 1.81 bits per heavy atom. The molecule has 0 unspecified atom stereocenters. The summed E-state index contributed by atoms with van der Waals surface area (Å²) < 4.78 is 14.6. The molecule has 0 aromatic heterocycles. The summed E-state index contributed by atoms with van der Waals surface area (Å²) in [5.41, 5.74) is 4.86. The van der Waals surface area contributed by atoms with Crippen molar-refractivity contribution in [2.45, 2.75) is 0 Å². The van der Waals surface area contributed by atoms with Gasteiger partial charge in [-0.2, -0.15) is 0 Å². The number of nitrogens with two attached hydrogens (primary N) is 1. The number of ether oxygens (including phenoxy) is 3. The molecule has 0 heterocycles. The van der Waals surface area contributed by atoms with E-state index in [4.69, 9.17) is 19.9 Å². The number of carbonyl (C=O) groups is 2. The lowest BCUT2D eigenvalue weighted by Gasteiger charge is -2.06. The second-order valence-electron chi connectivity index (χ2n) is 2.90. The molecular weight excluding hydrogens is 216 g/mol. The van der Waals surface area contributed by atoms with Gasteiger partial charge in [0.25, 0.3) is 0 Å². The van der Waals surface area contributed by atoms with Crippen molar-refractivity contribution in [3.05, 3.63) is 0 Å². The molecule has 94 valence electrons. The van der Waals surface area contributed by atoms with E-state index in [-0.39, 0.29) is 19.7 Å². The largest absolute Gasteiger partial charge is 0.462 e. The summed E-state index contributed by atoms with van der Waals surface area (Å²) in [4.78, 5) is 21.3. The van der Waals surface area contributed by atoms with Gasteiger partial charge in [0.1, 0.15) is 6.61 Å². The second kappa shape index (κ2) is 10.3. The summed E-state index contributed by atoms with van der Waals surface area (Å²) >= 11 is 0. The van der Waals surface area contributed by atoms with Gasteiger partial charge in [-0.15, -0.1) is 0 Å². The van der Waals surface area contributed by atoms with Gasteiger partial charge in [0.2, 0.25) is 5.91 Å². The van der Waals surface area contributed by atoms with Crippen LogP contribution in [0, 0.1) is 0 Å². The monoisotopic (exact) mass is 234 g/mol. The number of amides is 1. The van der Waals surface area contributed by atoms with Crippen LogP contribution in [0.2, 0.25) is 0 Å². The van der Waals surface area contributed by atoms with Crippen LogP contribution in [0.15, 0.2) is 0 Å². The topological polar surface area (TPSA) is 99.9 Å². The first-order chi connectivity index (χ1) is 7.66. The second-order valence-corrected chi connectivity index (χ2v) is 2.90. The summed E-state index contributed by atoms with van der Waals surface area (Å²) in [6.45, 7) is 1.40. The van der Waals surface area contributed by atoms with Gasteiger partial charge in [0, 0.05) is 7.11 Å². The smallest absolute Gasteiger partial charge is 0.320 e. The van der Waals surface area contributed by atoms with Crippen LogP contribution >= 0.6 is 0 Å². The first-order valence-corrected chi connectivity index (χ1v) is 4.88. The first kappa shape index (κ1) is 14.8. The molecule has 7 heteroatoms. The Kier molecular flexibility index (Phi) is 9.58. The number of methoxy groups -OCH3 is 1. The number of esters is 1. The van der Waals surface area contributed by atoms with E-state index in [2.05, 4.69) is 5.32 Å². The molecule has 0 bridgehead atoms. The van der Waals surface area contributed by atoms with Gasteiger partial charge in [0.15, 0.2) is 0 Å². The zero-order chi connectivity index (χ0) is 12.2. The van der Waals surface area contributed by atoms with Gasteiger partial charge in [-0.3, -0.25) is 14.9 Å². The summed E-state index contributed by atoms with van der Waals surface area (Å²) in [6.07, 6.45) is 0. The van der Waals surface area contributed by atoms with Gasteiger partial charge in [-0.1, -0.05) is 0 Å². The van der Waals surface area contributed by atoms with Crippen molar-refractivity contribution in [2.24, 2.45) is 5.73 Å². The van der Waals surface area contributed by atoms with Gasteiger partial charge in [-0.25, -0.2) is 0 Å². The van der Waals surface area contributed by atoms with E-state index in [0.29, 0.717) is 19.8 Å². The maximum absolute atomic E-state index is 11.0. The number of nitrogens with one attached hydrogen (secondary N) is 1. The fourth-order valence-electron chi connectivity index (χ4n) is 0.798. The van der Waals surface area contributed by atoms with E-state index in [1.807, 2.05) is 0 Å². The molecule has 0 saturated heterocycles. The third-order valence-corrected chi connectivity index (χ3v) is 1.49. The minimum atomic E-state index is -0.518. The van der Waals surface area contributed by atoms with Crippen LogP contribution in [0.5, 0.6) is 0 Å². The van der Waals surface area contributed by atoms with E-state index in [1.54, 1.807) is 7.11 Å². The van der Waals surface area contributed by atoms with Crippen LogP contribution in [0.1, 0.15) is 0 Å². The number of primary amides is 1. The molecule has 1 amide bonds. The van der Waals surface area contributed by atoms with E-state index in [1.165, 1.54) is 0 Å². The number of hydrogen-bond acceptors (Lipinski definition) is 6. The standard InChI is InChI=1S/C9H18N2O5/c1-14-2-3-15-4-5-16-9(13)7-11-6-8(10)12/h11H,2-7H2,1H3,(H2,10,12). The van der Waals surface area contributed by atoms with Crippen LogP contribution in [0.25, 0.3) is 0 Å². The zero-order valence-corrected chi connectivity index (χ0v) is 9.36. The summed E-state index contributed by atoms with van der Waals surface area (Å²) in [5, 5.41) is 2.54. The first-order valence-electron chi connectivity index (χ1n) is 4.88. The van der Waals surface area contributed by atoms with Gasteiger partial charge >= 0.3 is 5.97 Å². The SMILES string of the molecule is COCCOCCOC(=O)CNCC(N)=O. The lowest BCUT2D eigenvalue weighted by atomic mass is 10.5. The maximum Gasteiger partial charge on any atom is 0.320 e. The fourth-order valence-corrected chi connectivity index (χ4v) is 0.798. The highest BCUT2D eigenvalue weighted by Crippen LogP contribution is 1.80. The molecule has 0 aromatic carbocycles. The van der Waals surface area contributed by atoms with Crippen LogP contribution in [0.4, 0.5) is 0 Å². The average Bonchev–Trinajstić information content (AvgIpc) is 2.22. The molecule has 3 N–H and O–H groups in total.